The van der Waals surface area contributed by atoms with Gasteiger partial charge in [-0.05, 0) is 18.4 Å². The Bertz CT molecular complexity index is 320. The predicted molar refractivity (Wildman–Crippen MR) is 63.9 cm³/mol. The lowest BCUT2D eigenvalue weighted by molar-refractivity contribution is 0.233. The molecule has 80 valence electrons. The minimum atomic E-state index is 0.233. The number of hydrogen-bond donors (Lipinski definition) is 0. The van der Waals surface area contributed by atoms with Gasteiger partial charge in [0.05, 0.1) is 0 Å². The van der Waals surface area contributed by atoms with E-state index >= 15 is 0 Å². The van der Waals surface area contributed by atoms with E-state index in [2.05, 4.69) is 12.1 Å². The summed E-state index contributed by atoms with van der Waals surface area (Å²) in [7, 11) is 0. The van der Waals surface area contributed by atoms with Crippen LogP contribution in [0.25, 0.3) is 0 Å². The first kappa shape index (κ1) is 10.6. The number of amides is 1. The molecule has 3 heteroatoms. The average molecular weight is 221 g/mol. The van der Waals surface area contributed by atoms with E-state index in [1.807, 2.05) is 23.1 Å². The van der Waals surface area contributed by atoms with Crippen LogP contribution in [-0.2, 0) is 5.75 Å². The molecule has 0 unspecified atom stereocenters. The monoisotopic (exact) mass is 221 g/mol. The van der Waals surface area contributed by atoms with Gasteiger partial charge in [0.15, 0.2) is 0 Å². The lowest BCUT2D eigenvalue weighted by atomic mass is 10.2. The Morgan fingerprint density at radius 3 is 2.53 bits per heavy atom. The molecule has 1 heterocycles. The number of carbonyl (C=O) groups is 1. The van der Waals surface area contributed by atoms with Gasteiger partial charge < -0.3 is 4.90 Å². The van der Waals surface area contributed by atoms with Gasteiger partial charge in [-0.15, -0.1) is 0 Å². The zero-order valence-electron chi connectivity index (χ0n) is 8.69. The van der Waals surface area contributed by atoms with E-state index in [4.69, 9.17) is 0 Å². The highest BCUT2D eigenvalue weighted by molar-refractivity contribution is 8.12. The van der Waals surface area contributed by atoms with E-state index in [1.165, 1.54) is 17.3 Å². The molecule has 1 aliphatic rings. The van der Waals surface area contributed by atoms with Crippen LogP contribution >= 0.6 is 11.8 Å². The first-order chi connectivity index (χ1) is 7.36. The quantitative estimate of drug-likeness (QED) is 0.764. The molecule has 0 spiro atoms. The third-order valence-electron chi connectivity index (χ3n) is 2.57. The second kappa shape index (κ2) is 5.21. The third-order valence-corrected chi connectivity index (χ3v) is 3.55. The second-order valence-corrected chi connectivity index (χ2v) is 4.66. The zero-order chi connectivity index (χ0) is 10.5. The van der Waals surface area contributed by atoms with E-state index in [9.17, 15) is 4.79 Å². The maximum atomic E-state index is 11.7. The van der Waals surface area contributed by atoms with Crippen LogP contribution in [0, 0.1) is 0 Å². The minimum absolute atomic E-state index is 0.233. The minimum Gasteiger partial charge on any atom is -0.334 e. The average Bonchev–Trinajstić information content (AvgIpc) is 2.81. The summed E-state index contributed by atoms with van der Waals surface area (Å²) in [6, 6.07) is 10.1. The lowest BCUT2D eigenvalue weighted by Gasteiger charge is -2.13. The third kappa shape index (κ3) is 2.99. The number of carbonyl (C=O) groups excluding carboxylic acids is 1. The van der Waals surface area contributed by atoms with Gasteiger partial charge in [-0.1, -0.05) is 42.1 Å². The van der Waals surface area contributed by atoms with E-state index < -0.39 is 0 Å². The summed E-state index contributed by atoms with van der Waals surface area (Å²) in [5, 5.41) is 0.233. The van der Waals surface area contributed by atoms with Crippen molar-refractivity contribution < 1.29 is 4.79 Å². The highest BCUT2D eigenvalue weighted by atomic mass is 32.2. The van der Waals surface area contributed by atoms with Gasteiger partial charge in [0.25, 0.3) is 5.24 Å². The molecule has 2 rings (SSSR count). The Morgan fingerprint density at radius 1 is 1.20 bits per heavy atom. The van der Waals surface area contributed by atoms with Crippen molar-refractivity contribution in [2.45, 2.75) is 18.6 Å². The number of benzene rings is 1. The molecule has 1 aliphatic heterocycles. The molecule has 0 radical (unpaired) electrons. The number of likely N-dealkylation sites (tertiary alicyclic amines) is 1. The summed E-state index contributed by atoms with van der Waals surface area (Å²) in [5.41, 5.74) is 1.22. The molecule has 0 aliphatic carbocycles. The van der Waals surface area contributed by atoms with Crippen LogP contribution in [0.1, 0.15) is 18.4 Å². The summed E-state index contributed by atoms with van der Waals surface area (Å²) < 4.78 is 0. The molecule has 0 bridgehead atoms. The maximum Gasteiger partial charge on any atom is 0.281 e. The van der Waals surface area contributed by atoms with Crippen LogP contribution in [-0.4, -0.2) is 23.2 Å². The van der Waals surface area contributed by atoms with Gasteiger partial charge in [-0.25, -0.2) is 0 Å². The fourth-order valence-corrected chi connectivity index (χ4v) is 2.56. The van der Waals surface area contributed by atoms with Crippen LogP contribution < -0.4 is 0 Å². The largest absolute Gasteiger partial charge is 0.334 e. The molecule has 1 fully saturated rings. The molecular weight excluding hydrogens is 206 g/mol. The SMILES string of the molecule is O=C(SCc1ccccc1)N1CCCC1. The second-order valence-electron chi connectivity index (χ2n) is 3.73. The van der Waals surface area contributed by atoms with Crippen molar-refractivity contribution in [2.75, 3.05) is 13.1 Å². The van der Waals surface area contributed by atoms with Crippen molar-refractivity contribution in [3.63, 3.8) is 0 Å². The molecule has 0 aromatic heterocycles. The molecule has 1 aromatic rings. The molecule has 0 saturated carbocycles. The molecule has 0 N–H and O–H groups in total. The van der Waals surface area contributed by atoms with Crippen molar-refractivity contribution >= 4 is 17.0 Å². The lowest BCUT2D eigenvalue weighted by Crippen LogP contribution is -2.23. The highest BCUT2D eigenvalue weighted by Gasteiger charge is 2.17. The van der Waals surface area contributed by atoms with Gasteiger partial charge in [-0.2, -0.15) is 0 Å². The predicted octanol–water partition coefficient (Wildman–Crippen LogP) is 3.14. The van der Waals surface area contributed by atoms with E-state index in [0.717, 1.165) is 31.7 Å². The van der Waals surface area contributed by atoms with Crippen LogP contribution in [0.5, 0.6) is 0 Å². The Morgan fingerprint density at radius 2 is 1.87 bits per heavy atom. The normalized spacial score (nSPS) is 15.6. The maximum absolute atomic E-state index is 11.7. The van der Waals surface area contributed by atoms with Crippen LogP contribution in [0.15, 0.2) is 30.3 Å². The molecule has 0 atom stereocenters. The van der Waals surface area contributed by atoms with Gasteiger partial charge >= 0.3 is 0 Å². The van der Waals surface area contributed by atoms with Gasteiger partial charge in [0.1, 0.15) is 0 Å². The standard InChI is InChI=1S/C12H15NOS/c14-12(13-8-4-5-9-13)15-10-11-6-2-1-3-7-11/h1-3,6-7H,4-5,8-10H2. The molecule has 1 saturated heterocycles. The van der Waals surface area contributed by atoms with Crippen LogP contribution in [0.4, 0.5) is 4.79 Å². The fourth-order valence-electron chi connectivity index (χ4n) is 1.71. The Balaban J connectivity index is 1.80. The Labute approximate surface area is 94.7 Å². The van der Waals surface area contributed by atoms with Gasteiger partial charge in [0.2, 0.25) is 0 Å². The Kier molecular flexibility index (Phi) is 3.67. The number of nitrogens with zero attached hydrogens (tertiary/aromatic N) is 1. The zero-order valence-corrected chi connectivity index (χ0v) is 9.50. The van der Waals surface area contributed by atoms with Crippen molar-refractivity contribution in [3.8, 4) is 0 Å². The summed E-state index contributed by atoms with van der Waals surface area (Å²) in [4.78, 5) is 13.7. The van der Waals surface area contributed by atoms with Crippen LogP contribution in [0.2, 0.25) is 0 Å². The number of hydrogen-bond acceptors (Lipinski definition) is 2. The summed E-state index contributed by atoms with van der Waals surface area (Å²) in [6.45, 7) is 1.89. The fraction of sp³-hybridized carbons (Fsp3) is 0.417. The van der Waals surface area contributed by atoms with E-state index in [0.29, 0.717) is 0 Å². The Hall–Kier alpha value is -0.960. The molecule has 2 nitrogen and oxygen atoms in total. The van der Waals surface area contributed by atoms with Crippen molar-refractivity contribution in [1.82, 2.24) is 4.90 Å². The first-order valence-electron chi connectivity index (χ1n) is 5.32. The number of thioether (sulfide) groups is 1. The van der Waals surface area contributed by atoms with Crippen molar-refractivity contribution in [3.05, 3.63) is 35.9 Å². The van der Waals surface area contributed by atoms with Gasteiger partial charge in [0, 0.05) is 18.8 Å². The van der Waals surface area contributed by atoms with Crippen molar-refractivity contribution in [1.29, 1.82) is 0 Å². The molecule has 1 aromatic carbocycles. The van der Waals surface area contributed by atoms with E-state index in [1.54, 1.807) is 0 Å². The summed E-state index contributed by atoms with van der Waals surface area (Å²) in [6.07, 6.45) is 2.33. The number of rotatable bonds is 2. The van der Waals surface area contributed by atoms with Crippen LogP contribution in [0.3, 0.4) is 0 Å². The highest BCUT2D eigenvalue weighted by Crippen LogP contribution is 2.19. The molecule has 15 heavy (non-hydrogen) atoms. The summed E-state index contributed by atoms with van der Waals surface area (Å²) >= 11 is 1.41. The molecular formula is C12H15NOS. The molecule has 1 amide bonds. The summed E-state index contributed by atoms with van der Waals surface area (Å²) in [5.74, 6) is 0.788. The smallest absolute Gasteiger partial charge is 0.281 e. The van der Waals surface area contributed by atoms with E-state index in [-0.39, 0.29) is 5.24 Å². The topological polar surface area (TPSA) is 20.3 Å². The van der Waals surface area contributed by atoms with Gasteiger partial charge in [-0.3, -0.25) is 4.79 Å². The van der Waals surface area contributed by atoms with Crippen molar-refractivity contribution in [2.24, 2.45) is 0 Å². The first-order valence-corrected chi connectivity index (χ1v) is 6.30.